The monoisotopic (exact) mass is 248 g/mol. The van der Waals surface area contributed by atoms with Gasteiger partial charge < -0.3 is 10.8 Å². The number of nitrogens with zero attached hydrogens (tertiary/aromatic N) is 1. The average molecular weight is 249 g/mol. The van der Waals surface area contributed by atoms with Gasteiger partial charge >= 0.3 is 5.97 Å². The normalized spacial score (nSPS) is 7.53. The molecule has 0 bridgehead atoms. The molecule has 0 unspecified atom stereocenters. The Hall–Kier alpha value is -1.28. The predicted molar refractivity (Wildman–Crippen MR) is 61.6 cm³/mol. The highest BCUT2D eigenvalue weighted by Crippen LogP contribution is 2.00. The lowest BCUT2D eigenvalue weighted by Crippen LogP contribution is -1.98. The highest BCUT2D eigenvalue weighted by atomic mass is 35.5. The van der Waals surface area contributed by atoms with E-state index in [4.69, 9.17) is 10.8 Å². The average Bonchev–Trinajstić information content (AvgIpc) is 2.15. The number of halogens is 2. The molecule has 1 rings (SSSR count). The topological polar surface area (TPSA) is 76.2 Å². The lowest BCUT2D eigenvalue weighted by molar-refractivity contribution is 0.0696. The third kappa shape index (κ3) is 5.23. The zero-order valence-corrected chi connectivity index (χ0v) is 9.27. The van der Waals surface area contributed by atoms with Gasteiger partial charge in [0.2, 0.25) is 0 Å². The first-order valence-corrected chi connectivity index (χ1v) is 3.61. The van der Waals surface area contributed by atoms with Crippen LogP contribution in [-0.4, -0.2) is 22.6 Å². The molecule has 6 heteroatoms. The van der Waals surface area contributed by atoms with E-state index in [1.165, 1.54) is 18.5 Å². The van der Waals surface area contributed by atoms with E-state index in [9.17, 15) is 4.79 Å². The van der Waals surface area contributed by atoms with Crippen LogP contribution in [0, 0.1) is 11.8 Å². The minimum Gasteiger partial charge on any atom is -0.478 e. The van der Waals surface area contributed by atoms with Crippen molar-refractivity contribution >= 4 is 30.8 Å². The first-order chi connectivity index (χ1) is 6.24. The standard InChI is InChI=1S/C9H8N2O2.2ClH/c10-3-1-2-7-4-8(9(12)13)6-11-5-7;;/h4-6H,3,10H2,(H,12,13);2*1H. The van der Waals surface area contributed by atoms with Gasteiger partial charge in [0.15, 0.2) is 0 Å². The fraction of sp³-hybridized carbons (Fsp3) is 0.111. The van der Waals surface area contributed by atoms with Gasteiger partial charge in [0.1, 0.15) is 0 Å². The summed E-state index contributed by atoms with van der Waals surface area (Å²) in [5.41, 5.74) is 5.85. The molecule has 0 fully saturated rings. The van der Waals surface area contributed by atoms with Crippen LogP contribution in [0.15, 0.2) is 18.5 Å². The summed E-state index contributed by atoms with van der Waals surface area (Å²) < 4.78 is 0. The molecular weight excluding hydrogens is 239 g/mol. The summed E-state index contributed by atoms with van der Waals surface area (Å²) in [5.74, 6) is 4.30. The van der Waals surface area contributed by atoms with Crippen LogP contribution in [0.4, 0.5) is 0 Å². The van der Waals surface area contributed by atoms with Crippen LogP contribution in [0.1, 0.15) is 15.9 Å². The van der Waals surface area contributed by atoms with E-state index in [-0.39, 0.29) is 36.9 Å². The zero-order chi connectivity index (χ0) is 9.68. The molecule has 0 spiro atoms. The van der Waals surface area contributed by atoms with Gasteiger partial charge in [0.05, 0.1) is 12.1 Å². The minimum atomic E-state index is -1.01. The molecule has 0 saturated heterocycles. The van der Waals surface area contributed by atoms with Crippen LogP contribution in [0.3, 0.4) is 0 Å². The Balaban J connectivity index is 0. The summed E-state index contributed by atoms with van der Waals surface area (Å²) >= 11 is 0. The van der Waals surface area contributed by atoms with Crippen molar-refractivity contribution in [3.05, 3.63) is 29.6 Å². The van der Waals surface area contributed by atoms with Gasteiger partial charge in [-0.3, -0.25) is 4.98 Å². The highest BCUT2D eigenvalue weighted by Gasteiger charge is 2.01. The molecular formula is C9H10Cl2N2O2. The molecule has 0 aliphatic rings. The van der Waals surface area contributed by atoms with E-state index in [0.29, 0.717) is 5.56 Å². The van der Waals surface area contributed by atoms with Crippen molar-refractivity contribution in [1.29, 1.82) is 0 Å². The second kappa shape index (κ2) is 8.06. The molecule has 4 nitrogen and oxygen atoms in total. The number of aromatic carboxylic acids is 1. The Labute approximate surface area is 99.7 Å². The van der Waals surface area contributed by atoms with Gasteiger partial charge in [-0.15, -0.1) is 24.8 Å². The number of nitrogens with two attached hydrogens (primary N) is 1. The van der Waals surface area contributed by atoms with E-state index in [0.717, 1.165) is 0 Å². The predicted octanol–water partition coefficient (Wildman–Crippen LogP) is 0.934. The van der Waals surface area contributed by atoms with Crippen LogP contribution in [0.5, 0.6) is 0 Å². The molecule has 15 heavy (non-hydrogen) atoms. The summed E-state index contributed by atoms with van der Waals surface area (Å²) in [7, 11) is 0. The Bertz CT molecular complexity index is 385. The van der Waals surface area contributed by atoms with Gasteiger partial charge in [0.25, 0.3) is 0 Å². The molecule has 0 aliphatic carbocycles. The number of carboxylic acids is 1. The summed E-state index contributed by atoms with van der Waals surface area (Å²) in [6.45, 7) is 0.247. The molecule has 0 amide bonds. The largest absolute Gasteiger partial charge is 0.478 e. The summed E-state index contributed by atoms with van der Waals surface area (Å²) in [6.07, 6.45) is 2.77. The lowest BCUT2D eigenvalue weighted by atomic mass is 10.2. The molecule has 82 valence electrons. The third-order valence-electron chi connectivity index (χ3n) is 1.32. The maximum Gasteiger partial charge on any atom is 0.337 e. The van der Waals surface area contributed by atoms with Crippen LogP contribution in [0.25, 0.3) is 0 Å². The Kier molecular flexibility index (Phi) is 8.69. The summed E-state index contributed by atoms with van der Waals surface area (Å²) in [5, 5.41) is 8.62. The third-order valence-corrected chi connectivity index (χ3v) is 1.32. The molecule has 0 atom stereocenters. The van der Waals surface area contributed by atoms with Crippen molar-refractivity contribution in [2.24, 2.45) is 5.73 Å². The fourth-order valence-corrected chi connectivity index (χ4v) is 0.778. The molecule has 3 N–H and O–H groups in total. The quantitative estimate of drug-likeness (QED) is 0.726. The fourth-order valence-electron chi connectivity index (χ4n) is 0.778. The van der Waals surface area contributed by atoms with Gasteiger partial charge in [0, 0.05) is 18.0 Å². The molecule has 0 radical (unpaired) electrons. The van der Waals surface area contributed by atoms with Gasteiger partial charge in [-0.2, -0.15) is 0 Å². The van der Waals surface area contributed by atoms with Crippen molar-refractivity contribution in [2.75, 3.05) is 6.54 Å². The molecule has 0 saturated carbocycles. The van der Waals surface area contributed by atoms with Crippen molar-refractivity contribution in [3.63, 3.8) is 0 Å². The molecule has 0 aliphatic heterocycles. The first-order valence-electron chi connectivity index (χ1n) is 3.61. The van der Waals surface area contributed by atoms with Crippen LogP contribution >= 0.6 is 24.8 Å². The number of rotatable bonds is 1. The molecule has 1 heterocycles. The first kappa shape index (κ1) is 16.2. The second-order valence-electron chi connectivity index (χ2n) is 2.27. The van der Waals surface area contributed by atoms with Crippen molar-refractivity contribution < 1.29 is 9.90 Å². The number of pyridine rings is 1. The Morgan fingerprint density at radius 2 is 2.13 bits per heavy atom. The molecule has 1 aromatic heterocycles. The van der Waals surface area contributed by atoms with Crippen molar-refractivity contribution in [1.82, 2.24) is 4.98 Å². The van der Waals surface area contributed by atoms with E-state index in [1.54, 1.807) is 0 Å². The van der Waals surface area contributed by atoms with Crippen molar-refractivity contribution in [3.8, 4) is 11.8 Å². The Morgan fingerprint density at radius 1 is 1.47 bits per heavy atom. The highest BCUT2D eigenvalue weighted by molar-refractivity contribution is 5.87. The number of hydrogen-bond donors (Lipinski definition) is 2. The van der Waals surface area contributed by atoms with Gasteiger partial charge in [-0.25, -0.2) is 4.79 Å². The van der Waals surface area contributed by atoms with Crippen LogP contribution in [-0.2, 0) is 0 Å². The van der Waals surface area contributed by atoms with E-state index < -0.39 is 5.97 Å². The smallest absolute Gasteiger partial charge is 0.337 e. The molecule has 0 aromatic carbocycles. The Morgan fingerprint density at radius 3 is 2.67 bits per heavy atom. The number of aromatic nitrogens is 1. The van der Waals surface area contributed by atoms with E-state index >= 15 is 0 Å². The van der Waals surface area contributed by atoms with Gasteiger partial charge in [-0.05, 0) is 6.07 Å². The SMILES string of the molecule is Cl.Cl.NCC#Cc1cncc(C(=O)O)c1. The minimum absolute atomic E-state index is 0. The number of carboxylic acid groups (broad SMARTS) is 1. The van der Waals surface area contributed by atoms with E-state index in [1.807, 2.05) is 0 Å². The zero-order valence-electron chi connectivity index (χ0n) is 7.64. The van der Waals surface area contributed by atoms with Crippen molar-refractivity contribution in [2.45, 2.75) is 0 Å². The lowest BCUT2D eigenvalue weighted by Gasteiger charge is -1.93. The second-order valence-corrected chi connectivity index (χ2v) is 2.27. The maximum absolute atomic E-state index is 10.5. The van der Waals surface area contributed by atoms with E-state index in [2.05, 4.69) is 16.8 Å². The van der Waals surface area contributed by atoms with Gasteiger partial charge in [-0.1, -0.05) is 11.8 Å². The summed E-state index contributed by atoms with van der Waals surface area (Å²) in [6, 6.07) is 1.46. The summed E-state index contributed by atoms with van der Waals surface area (Å²) in [4.78, 5) is 14.2. The maximum atomic E-state index is 10.5. The van der Waals surface area contributed by atoms with Crippen LogP contribution < -0.4 is 5.73 Å². The molecule has 1 aromatic rings. The number of hydrogen-bond acceptors (Lipinski definition) is 3. The van der Waals surface area contributed by atoms with Crippen LogP contribution in [0.2, 0.25) is 0 Å². The number of carbonyl (C=O) groups is 1.